The first-order valence-corrected chi connectivity index (χ1v) is 6.16. The average Bonchev–Trinajstić information content (AvgIpc) is 2.70. The van der Waals surface area contributed by atoms with Gasteiger partial charge in [0.25, 0.3) is 5.56 Å². The second-order valence-electron chi connectivity index (χ2n) is 4.55. The minimum Gasteiger partial charge on any atom is -0.467 e. The molecule has 0 atom stereocenters. The molecule has 7 heteroatoms. The van der Waals surface area contributed by atoms with Crippen LogP contribution < -0.4 is 10.3 Å². The van der Waals surface area contributed by atoms with Crippen LogP contribution in [0, 0.1) is 6.92 Å². The highest BCUT2D eigenvalue weighted by molar-refractivity contribution is 5.48. The van der Waals surface area contributed by atoms with Crippen molar-refractivity contribution in [3.05, 3.63) is 39.8 Å². The van der Waals surface area contributed by atoms with E-state index in [0.717, 1.165) is 11.3 Å². The molecular weight excluding hydrogens is 260 g/mol. The van der Waals surface area contributed by atoms with Crippen LogP contribution in [0.4, 0.5) is 11.4 Å². The largest absolute Gasteiger partial charge is 0.467 e. The maximum absolute atomic E-state index is 11.8. The van der Waals surface area contributed by atoms with E-state index in [4.69, 9.17) is 9.47 Å². The number of azo groups is 1. The lowest BCUT2D eigenvalue weighted by Gasteiger charge is -2.17. The van der Waals surface area contributed by atoms with Gasteiger partial charge in [-0.2, -0.15) is 5.11 Å². The topological polar surface area (TPSA) is 81.0 Å². The van der Waals surface area contributed by atoms with Gasteiger partial charge in [-0.25, -0.2) is 0 Å². The molecule has 0 spiro atoms. The van der Waals surface area contributed by atoms with Crippen molar-refractivity contribution >= 4 is 11.4 Å². The number of nitrogens with zero attached hydrogens (tertiary/aromatic N) is 3. The van der Waals surface area contributed by atoms with E-state index >= 15 is 0 Å². The molecule has 1 aromatic heterocycles. The third-order valence-electron chi connectivity index (χ3n) is 3.06. The van der Waals surface area contributed by atoms with Crippen molar-refractivity contribution < 1.29 is 9.47 Å². The van der Waals surface area contributed by atoms with Crippen LogP contribution in [0.25, 0.3) is 0 Å². The summed E-state index contributed by atoms with van der Waals surface area (Å²) in [6, 6.07) is 5.46. The monoisotopic (exact) mass is 274 g/mol. The minimum absolute atomic E-state index is 0.198. The molecule has 0 aliphatic carbocycles. The number of benzene rings is 1. The highest BCUT2D eigenvalue weighted by Crippen LogP contribution is 2.28. The SMILES string of the molecule is Cc1[nH]n(C)c(=O)c1N=Nc1ccc2c(c1)COCO2. The highest BCUT2D eigenvalue weighted by atomic mass is 16.7. The van der Waals surface area contributed by atoms with Gasteiger partial charge in [-0.1, -0.05) is 0 Å². The molecule has 1 aliphatic heterocycles. The fourth-order valence-corrected chi connectivity index (χ4v) is 2.04. The van der Waals surface area contributed by atoms with Gasteiger partial charge in [0.1, 0.15) is 5.75 Å². The zero-order valence-corrected chi connectivity index (χ0v) is 11.2. The molecule has 0 saturated heterocycles. The van der Waals surface area contributed by atoms with E-state index in [9.17, 15) is 4.79 Å². The van der Waals surface area contributed by atoms with Gasteiger partial charge in [0.15, 0.2) is 12.5 Å². The minimum atomic E-state index is -0.198. The van der Waals surface area contributed by atoms with E-state index in [2.05, 4.69) is 15.3 Å². The third-order valence-corrected chi connectivity index (χ3v) is 3.06. The van der Waals surface area contributed by atoms with Gasteiger partial charge in [-0.3, -0.25) is 14.6 Å². The summed E-state index contributed by atoms with van der Waals surface area (Å²) in [5.74, 6) is 0.795. The van der Waals surface area contributed by atoms with Gasteiger partial charge in [0, 0.05) is 12.6 Å². The molecule has 7 nitrogen and oxygen atoms in total. The number of aromatic amines is 1. The summed E-state index contributed by atoms with van der Waals surface area (Å²) in [6.45, 7) is 2.54. The van der Waals surface area contributed by atoms with Gasteiger partial charge in [-0.15, -0.1) is 5.11 Å². The molecule has 0 fully saturated rings. The summed E-state index contributed by atoms with van der Waals surface area (Å²) < 4.78 is 11.9. The average molecular weight is 274 g/mol. The number of nitrogens with one attached hydrogen (secondary N) is 1. The Morgan fingerprint density at radius 3 is 2.95 bits per heavy atom. The Morgan fingerprint density at radius 2 is 2.20 bits per heavy atom. The first-order valence-electron chi connectivity index (χ1n) is 6.16. The molecule has 2 aromatic rings. The molecule has 1 N–H and O–H groups in total. The molecule has 0 bridgehead atoms. The number of aryl methyl sites for hydroxylation is 2. The first-order chi connectivity index (χ1) is 9.65. The van der Waals surface area contributed by atoms with E-state index in [-0.39, 0.29) is 12.4 Å². The predicted octanol–water partition coefficient (Wildman–Crippen LogP) is 2.30. The fraction of sp³-hybridized carbons (Fsp3) is 0.308. The van der Waals surface area contributed by atoms with Crippen LogP contribution in [0.5, 0.6) is 5.75 Å². The smallest absolute Gasteiger partial charge is 0.294 e. The van der Waals surface area contributed by atoms with E-state index in [1.807, 2.05) is 12.1 Å². The molecule has 2 heterocycles. The standard InChI is InChI=1S/C13H14N4O3/c1-8-12(13(18)17(2)16-8)15-14-10-3-4-11-9(5-10)6-19-7-20-11/h3-5,16H,6-7H2,1-2H3. The van der Waals surface area contributed by atoms with Crippen molar-refractivity contribution in [2.24, 2.45) is 17.3 Å². The van der Waals surface area contributed by atoms with Gasteiger partial charge >= 0.3 is 0 Å². The second-order valence-corrected chi connectivity index (χ2v) is 4.55. The Balaban J connectivity index is 1.91. The zero-order chi connectivity index (χ0) is 14.1. The number of hydrogen-bond acceptors (Lipinski definition) is 5. The number of fused-ring (bicyclic) bond motifs is 1. The van der Waals surface area contributed by atoms with Crippen LogP contribution in [0.1, 0.15) is 11.3 Å². The van der Waals surface area contributed by atoms with Crippen molar-refractivity contribution in [1.82, 2.24) is 9.78 Å². The zero-order valence-electron chi connectivity index (χ0n) is 11.2. The van der Waals surface area contributed by atoms with Gasteiger partial charge in [0.05, 0.1) is 18.0 Å². The summed E-state index contributed by atoms with van der Waals surface area (Å²) in [5, 5.41) is 11.0. The lowest BCUT2D eigenvalue weighted by atomic mass is 10.2. The number of ether oxygens (including phenoxy) is 2. The van der Waals surface area contributed by atoms with Gasteiger partial charge < -0.3 is 9.47 Å². The molecule has 3 rings (SSSR count). The van der Waals surface area contributed by atoms with Crippen molar-refractivity contribution in [2.75, 3.05) is 6.79 Å². The maximum Gasteiger partial charge on any atom is 0.294 e. The summed E-state index contributed by atoms with van der Waals surface area (Å²) in [4.78, 5) is 11.8. The van der Waals surface area contributed by atoms with Crippen molar-refractivity contribution in [1.29, 1.82) is 0 Å². The van der Waals surface area contributed by atoms with Crippen LogP contribution in [0.3, 0.4) is 0 Å². The molecule has 0 radical (unpaired) electrons. The summed E-state index contributed by atoms with van der Waals surface area (Å²) in [6.07, 6.45) is 0. The molecule has 0 amide bonds. The number of H-pyrrole nitrogens is 1. The molecule has 0 unspecified atom stereocenters. The summed E-state index contributed by atoms with van der Waals surface area (Å²) in [7, 11) is 1.64. The summed E-state index contributed by atoms with van der Waals surface area (Å²) >= 11 is 0. The van der Waals surface area contributed by atoms with E-state index < -0.39 is 0 Å². The highest BCUT2D eigenvalue weighted by Gasteiger charge is 2.11. The lowest BCUT2D eigenvalue weighted by molar-refractivity contribution is -0.0163. The predicted molar refractivity (Wildman–Crippen MR) is 71.7 cm³/mol. The fourth-order valence-electron chi connectivity index (χ4n) is 2.04. The Hall–Kier alpha value is -2.41. The quantitative estimate of drug-likeness (QED) is 0.853. The van der Waals surface area contributed by atoms with E-state index in [1.165, 1.54) is 4.68 Å². The normalized spacial score (nSPS) is 14.3. The van der Waals surface area contributed by atoms with Crippen LogP contribution in [-0.2, 0) is 18.4 Å². The molecule has 104 valence electrons. The number of rotatable bonds is 2. The second kappa shape index (κ2) is 4.93. The molecule has 1 aliphatic rings. The van der Waals surface area contributed by atoms with E-state index in [1.54, 1.807) is 20.0 Å². The third kappa shape index (κ3) is 2.23. The Labute approximate surface area is 114 Å². The molecule has 0 saturated carbocycles. The van der Waals surface area contributed by atoms with Crippen LogP contribution in [0.15, 0.2) is 33.2 Å². The maximum atomic E-state index is 11.8. The van der Waals surface area contributed by atoms with Crippen molar-refractivity contribution in [3.63, 3.8) is 0 Å². The number of hydrogen-bond donors (Lipinski definition) is 1. The first kappa shape index (κ1) is 12.6. The van der Waals surface area contributed by atoms with Gasteiger partial charge in [0.2, 0.25) is 0 Å². The Kier molecular flexibility index (Phi) is 3.11. The van der Waals surface area contributed by atoms with Crippen molar-refractivity contribution in [2.45, 2.75) is 13.5 Å². The Bertz CT molecular complexity index is 730. The molecule has 1 aromatic carbocycles. The Morgan fingerprint density at radius 1 is 1.35 bits per heavy atom. The van der Waals surface area contributed by atoms with Crippen LogP contribution in [0.2, 0.25) is 0 Å². The van der Waals surface area contributed by atoms with Crippen LogP contribution >= 0.6 is 0 Å². The molecule has 20 heavy (non-hydrogen) atoms. The lowest BCUT2D eigenvalue weighted by Crippen LogP contribution is -2.11. The van der Waals surface area contributed by atoms with Crippen molar-refractivity contribution in [3.8, 4) is 5.75 Å². The van der Waals surface area contributed by atoms with Gasteiger partial charge in [-0.05, 0) is 25.1 Å². The van der Waals surface area contributed by atoms with E-state index in [0.29, 0.717) is 23.7 Å². The molecular formula is C13H14N4O3. The number of aromatic nitrogens is 2. The van der Waals surface area contributed by atoms with Crippen LogP contribution in [-0.4, -0.2) is 16.6 Å². The summed E-state index contributed by atoms with van der Waals surface area (Å²) in [5.41, 5.74) is 2.38.